The molecule has 0 bridgehead atoms. The van der Waals surface area contributed by atoms with Gasteiger partial charge in [-0.05, 0) is 30.3 Å². The number of phenols is 2. The van der Waals surface area contributed by atoms with Crippen LogP contribution in [0.5, 0.6) is 11.5 Å². The van der Waals surface area contributed by atoms with E-state index < -0.39 is 34.1 Å². The number of benzene rings is 2. The number of rotatable bonds is 5. The highest BCUT2D eigenvalue weighted by atomic mass is 35.5. The van der Waals surface area contributed by atoms with Crippen molar-refractivity contribution < 1.29 is 33.0 Å². The summed E-state index contributed by atoms with van der Waals surface area (Å²) in [5.74, 6) is -2.48. The van der Waals surface area contributed by atoms with Gasteiger partial charge in [0, 0.05) is 12.3 Å². The number of phenolic OH excluding ortho intramolecular Hbond substituents is 2. The van der Waals surface area contributed by atoms with E-state index in [2.05, 4.69) is 5.32 Å². The number of nitrogens with one attached hydrogen (secondary N) is 1. The third-order valence-electron chi connectivity index (χ3n) is 3.18. The van der Waals surface area contributed by atoms with Crippen LogP contribution in [-0.4, -0.2) is 43.4 Å². The molecule has 0 saturated heterocycles. The summed E-state index contributed by atoms with van der Waals surface area (Å²) in [6.45, 7) is -0.696. The Morgan fingerprint density at radius 3 is 2.46 bits per heavy atom. The molecule has 8 nitrogen and oxygen atoms in total. The van der Waals surface area contributed by atoms with Gasteiger partial charge in [0.1, 0.15) is 17.1 Å². The highest BCUT2D eigenvalue weighted by molar-refractivity contribution is 7.90. The Morgan fingerprint density at radius 1 is 1.15 bits per heavy atom. The smallest absolute Gasteiger partial charge is 0.342 e. The third-order valence-corrected chi connectivity index (χ3v) is 4.62. The zero-order valence-electron chi connectivity index (χ0n) is 13.4. The van der Waals surface area contributed by atoms with E-state index in [0.29, 0.717) is 0 Å². The first-order valence-corrected chi connectivity index (χ1v) is 9.33. The molecule has 0 aliphatic heterocycles. The topological polar surface area (TPSA) is 130 Å². The van der Waals surface area contributed by atoms with E-state index in [9.17, 15) is 28.2 Å². The molecule has 3 N–H and O–H groups in total. The molecule has 26 heavy (non-hydrogen) atoms. The number of ether oxygens (including phenoxy) is 1. The Hall–Kier alpha value is -2.78. The van der Waals surface area contributed by atoms with E-state index >= 15 is 0 Å². The number of amides is 1. The number of esters is 1. The van der Waals surface area contributed by atoms with E-state index in [1.165, 1.54) is 24.3 Å². The van der Waals surface area contributed by atoms with Gasteiger partial charge in [0.15, 0.2) is 16.4 Å². The fourth-order valence-electron chi connectivity index (χ4n) is 1.92. The Labute approximate surface area is 153 Å². The van der Waals surface area contributed by atoms with Gasteiger partial charge in [-0.25, -0.2) is 13.2 Å². The van der Waals surface area contributed by atoms with Crippen LogP contribution < -0.4 is 5.32 Å². The molecule has 1 amide bonds. The second-order valence-corrected chi connectivity index (χ2v) is 7.66. The predicted molar refractivity (Wildman–Crippen MR) is 93.2 cm³/mol. The normalized spacial score (nSPS) is 11.0. The van der Waals surface area contributed by atoms with Gasteiger partial charge in [0.25, 0.3) is 5.91 Å². The standard InChI is InChI=1S/C16H14ClNO7S/c1-26(23,24)10-3-5-12(17)13(7-10)18-15(21)8-25-16(22)11-4-2-9(19)6-14(11)20/h2-7,19-20H,8H2,1H3,(H,18,21). The average molecular weight is 400 g/mol. The molecule has 0 aliphatic rings. The van der Waals surface area contributed by atoms with E-state index in [4.69, 9.17) is 16.3 Å². The van der Waals surface area contributed by atoms with Crippen molar-refractivity contribution in [3.63, 3.8) is 0 Å². The molecule has 10 heteroatoms. The van der Waals surface area contributed by atoms with Crippen LogP contribution in [0, 0.1) is 0 Å². The van der Waals surface area contributed by atoms with Crippen molar-refractivity contribution in [2.75, 3.05) is 18.2 Å². The number of hydrogen-bond donors (Lipinski definition) is 3. The Kier molecular flexibility index (Phi) is 5.73. The monoisotopic (exact) mass is 399 g/mol. The minimum absolute atomic E-state index is 0.0387. The van der Waals surface area contributed by atoms with Crippen molar-refractivity contribution in [3.05, 3.63) is 47.0 Å². The average Bonchev–Trinajstić information content (AvgIpc) is 2.53. The molecule has 2 rings (SSSR count). The summed E-state index contributed by atoms with van der Waals surface area (Å²) >= 11 is 5.91. The number of carbonyl (C=O) groups is 2. The van der Waals surface area contributed by atoms with Crippen LogP contribution in [-0.2, 0) is 19.4 Å². The number of aromatic hydroxyl groups is 2. The van der Waals surface area contributed by atoms with Gasteiger partial charge in [-0.15, -0.1) is 0 Å². The lowest BCUT2D eigenvalue weighted by Gasteiger charge is -2.10. The van der Waals surface area contributed by atoms with E-state index in [-0.39, 0.29) is 26.9 Å². The summed E-state index contributed by atoms with van der Waals surface area (Å²) in [5, 5.41) is 21.2. The fraction of sp³-hybridized carbons (Fsp3) is 0.125. The summed E-state index contributed by atoms with van der Waals surface area (Å²) in [6.07, 6.45) is 1.01. The van der Waals surface area contributed by atoms with Crippen LogP contribution in [0.4, 0.5) is 5.69 Å². The van der Waals surface area contributed by atoms with Gasteiger partial charge in [-0.3, -0.25) is 4.79 Å². The molecular weight excluding hydrogens is 386 g/mol. The second-order valence-electron chi connectivity index (χ2n) is 5.24. The van der Waals surface area contributed by atoms with Crippen LogP contribution in [0.3, 0.4) is 0 Å². The largest absolute Gasteiger partial charge is 0.508 e. The zero-order valence-corrected chi connectivity index (χ0v) is 15.0. The van der Waals surface area contributed by atoms with Crippen molar-refractivity contribution >= 4 is 39.0 Å². The van der Waals surface area contributed by atoms with Crippen LogP contribution in [0.1, 0.15) is 10.4 Å². The lowest BCUT2D eigenvalue weighted by atomic mass is 10.2. The summed E-state index contributed by atoms with van der Waals surface area (Å²) < 4.78 is 27.9. The van der Waals surface area contributed by atoms with E-state index in [1.807, 2.05) is 0 Å². The lowest BCUT2D eigenvalue weighted by molar-refractivity contribution is -0.119. The number of hydrogen-bond acceptors (Lipinski definition) is 7. The molecule has 2 aromatic rings. The maximum Gasteiger partial charge on any atom is 0.342 e. The van der Waals surface area contributed by atoms with E-state index in [0.717, 1.165) is 18.4 Å². The van der Waals surface area contributed by atoms with E-state index in [1.54, 1.807) is 0 Å². The molecule has 0 unspecified atom stereocenters. The molecule has 0 spiro atoms. The van der Waals surface area contributed by atoms with Crippen LogP contribution >= 0.6 is 11.6 Å². The molecule has 2 aromatic carbocycles. The van der Waals surface area contributed by atoms with Gasteiger partial charge in [0.2, 0.25) is 0 Å². The third kappa shape index (κ3) is 4.87. The minimum Gasteiger partial charge on any atom is -0.508 e. The summed E-state index contributed by atoms with van der Waals surface area (Å²) in [6, 6.07) is 7.05. The highest BCUT2D eigenvalue weighted by Crippen LogP contribution is 2.26. The number of halogens is 1. The molecular formula is C16H14ClNO7S. The van der Waals surface area contributed by atoms with Crippen molar-refractivity contribution in [1.82, 2.24) is 0 Å². The Bertz CT molecular complexity index is 973. The summed E-state index contributed by atoms with van der Waals surface area (Å²) in [7, 11) is -3.49. The van der Waals surface area contributed by atoms with Gasteiger partial charge in [0.05, 0.1) is 15.6 Å². The summed E-state index contributed by atoms with van der Waals surface area (Å²) in [4.78, 5) is 23.7. The maximum absolute atomic E-state index is 11.9. The van der Waals surface area contributed by atoms with Crippen molar-refractivity contribution in [2.24, 2.45) is 0 Å². The zero-order chi connectivity index (χ0) is 19.5. The Morgan fingerprint density at radius 2 is 1.85 bits per heavy atom. The number of anilines is 1. The van der Waals surface area contributed by atoms with Crippen LogP contribution in [0.2, 0.25) is 5.02 Å². The van der Waals surface area contributed by atoms with Crippen LogP contribution in [0.15, 0.2) is 41.3 Å². The molecule has 0 aromatic heterocycles. The molecule has 0 heterocycles. The van der Waals surface area contributed by atoms with Gasteiger partial charge >= 0.3 is 5.97 Å². The quantitative estimate of drug-likeness (QED) is 0.655. The first-order chi connectivity index (χ1) is 12.1. The minimum atomic E-state index is -3.49. The van der Waals surface area contributed by atoms with Crippen molar-refractivity contribution in [1.29, 1.82) is 0 Å². The second kappa shape index (κ2) is 7.63. The van der Waals surface area contributed by atoms with Crippen molar-refractivity contribution in [3.8, 4) is 11.5 Å². The Balaban J connectivity index is 2.04. The first-order valence-electron chi connectivity index (χ1n) is 7.06. The van der Waals surface area contributed by atoms with Gasteiger partial charge in [-0.2, -0.15) is 0 Å². The number of carbonyl (C=O) groups excluding carboxylic acids is 2. The fourth-order valence-corrected chi connectivity index (χ4v) is 2.73. The summed E-state index contributed by atoms with van der Waals surface area (Å²) in [5.41, 5.74) is -0.184. The SMILES string of the molecule is CS(=O)(=O)c1ccc(Cl)c(NC(=O)COC(=O)c2ccc(O)cc2O)c1. The highest BCUT2D eigenvalue weighted by Gasteiger charge is 2.16. The van der Waals surface area contributed by atoms with Gasteiger partial charge < -0.3 is 20.3 Å². The predicted octanol–water partition coefficient (Wildman–Crippen LogP) is 1.95. The molecule has 138 valence electrons. The molecule has 0 saturated carbocycles. The van der Waals surface area contributed by atoms with Gasteiger partial charge in [-0.1, -0.05) is 11.6 Å². The number of sulfone groups is 1. The molecule has 0 radical (unpaired) electrons. The molecule has 0 aliphatic carbocycles. The van der Waals surface area contributed by atoms with Crippen molar-refractivity contribution in [2.45, 2.75) is 4.90 Å². The first kappa shape index (κ1) is 19.5. The maximum atomic E-state index is 11.9. The molecule has 0 atom stereocenters. The van der Waals surface area contributed by atoms with Crippen LogP contribution in [0.25, 0.3) is 0 Å². The lowest BCUT2D eigenvalue weighted by Crippen LogP contribution is -2.21. The molecule has 0 fully saturated rings.